The number of nitrogens with one attached hydrogen (secondary N) is 1. The van der Waals surface area contributed by atoms with Crippen LogP contribution < -0.4 is 10.2 Å². The average molecular weight is 352 g/mol. The van der Waals surface area contributed by atoms with Crippen LogP contribution in [0.15, 0.2) is 42.5 Å². The van der Waals surface area contributed by atoms with Gasteiger partial charge in [0.15, 0.2) is 0 Å². The van der Waals surface area contributed by atoms with Crippen LogP contribution in [0, 0.1) is 13.8 Å². The van der Waals surface area contributed by atoms with E-state index in [-0.39, 0.29) is 18.2 Å². The third-order valence-electron chi connectivity index (χ3n) is 4.58. The third-order valence-corrected chi connectivity index (χ3v) is 4.58. The van der Waals surface area contributed by atoms with Crippen LogP contribution in [0.3, 0.4) is 0 Å². The van der Waals surface area contributed by atoms with Gasteiger partial charge in [-0.25, -0.2) is 0 Å². The molecule has 0 fully saturated rings. The summed E-state index contributed by atoms with van der Waals surface area (Å²) in [6.07, 6.45) is 0.249. The normalized spacial score (nSPS) is 10.7. The van der Waals surface area contributed by atoms with E-state index < -0.39 is 0 Å². The molecule has 0 bridgehead atoms. The van der Waals surface area contributed by atoms with Gasteiger partial charge in [-0.1, -0.05) is 38.1 Å². The number of hydrogen-bond acceptors (Lipinski definition) is 2. The molecule has 2 amide bonds. The number of rotatable bonds is 6. The molecule has 2 aromatic carbocycles. The summed E-state index contributed by atoms with van der Waals surface area (Å²) in [5, 5.41) is 2.92. The molecule has 138 valence electrons. The van der Waals surface area contributed by atoms with Gasteiger partial charge in [0.2, 0.25) is 11.8 Å². The largest absolute Gasteiger partial charge is 0.326 e. The van der Waals surface area contributed by atoms with E-state index in [0.29, 0.717) is 12.5 Å². The fraction of sp³-hybridized carbons (Fsp3) is 0.364. The van der Waals surface area contributed by atoms with Gasteiger partial charge in [0.05, 0.1) is 0 Å². The predicted octanol–water partition coefficient (Wildman–Crippen LogP) is 4.81. The van der Waals surface area contributed by atoms with Gasteiger partial charge in [-0.2, -0.15) is 0 Å². The van der Waals surface area contributed by atoms with Crippen LogP contribution in [-0.4, -0.2) is 18.4 Å². The van der Waals surface area contributed by atoms with E-state index in [2.05, 4.69) is 19.2 Å². The summed E-state index contributed by atoms with van der Waals surface area (Å²) in [4.78, 5) is 26.2. The molecule has 0 heterocycles. The van der Waals surface area contributed by atoms with Crippen molar-refractivity contribution in [3.05, 3.63) is 59.2 Å². The van der Waals surface area contributed by atoms with Crippen molar-refractivity contribution in [3.8, 4) is 0 Å². The highest BCUT2D eigenvalue weighted by atomic mass is 16.2. The van der Waals surface area contributed by atoms with Crippen molar-refractivity contribution in [3.63, 3.8) is 0 Å². The Morgan fingerprint density at radius 3 is 2.35 bits per heavy atom. The lowest BCUT2D eigenvalue weighted by atomic mass is 10.0. The lowest BCUT2D eigenvalue weighted by Crippen LogP contribution is -2.32. The van der Waals surface area contributed by atoms with E-state index >= 15 is 0 Å². The van der Waals surface area contributed by atoms with E-state index in [9.17, 15) is 9.59 Å². The average Bonchev–Trinajstić information content (AvgIpc) is 2.58. The summed E-state index contributed by atoms with van der Waals surface area (Å²) in [7, 11) is 0. The molecule has 0 saturated heterocycles. The molecule has 2 rings (SSSR count). The first-order chi connectivity index (χ1) is 12.3. The monoisotopic (exact) mass is 352 g/mol. The molecule has 2 aromatic rings. The second kappa shape index (κ2) is 8.65. The molecule has 0 unspecified atom stereocenters. The van der Waals surface area contributed by atoms with Crippen LogP contribution in [0.2, 0.25) is 0 Å². The summed E-state index contributed by atoms with van der Waals surface area (Å²) in [6, 6.07) is 13.7. The van der Waals surface area contributed by atoms with E-state index in [0.717, 1.165) is 22.5 Å². The zero-order valence-electron chi connectivity index (χ0n) is 16.3. The van der Waals surface area contributed by atoms with Crippen molar-refractivity contribution in [2.75, 3.05) is 16.8 Å². The highest BCUT2D eigenvalue weighted by Crippen LogP contribution is 2.27. The van der Waals surface area contributed by atoms with Gasteiger partial charge >= 0.3 is 0 Å². The Kier molecular flexibility index (Phi) is 6.56. The third kappa shape index (κ3) is 4.94. The van der Waals surface area contributed by atoms with Crippen LogP contribution in [0.1, 0.15) is 49.8 Å². The first kappa shape index (κ1) is 19.7. The maximum absolute atomic E-state index is 12.3. The Morgan fingerprint density at radius 2 is 1.73 bits per heavy atom. The highest BCUT2D eigenvalue weighted by Gasteiger charge is 2.18. The Balaban J connectivity index is 2.08. The topological polar surface area (TPSA) is 49.4 Å². The predicted molar refractivity (Wildman–Crippen MR) is 108 cm³/mol. The van der Waals surface area contributed by atoms with Crippen LogP contribution in [0.5, 0.6) is 0 Å². The van der Waals surface area contributed by atoms with Crippen molar-refractivity contribution in [2.45, 2.75) is 47.0 Å². The molecule has 26 heavy (non-hydrogen) atoms. The number of aryl methyl sites for hydroxylation is 2. The minimum absolute atomic E-state index is 0.0583. The van der Waals surface area contributed by atoms with Crippen molar-refractivity contribution in [1.82, 2.24) is 0 Å². The highest BCUT2D eigenvalue weighted by molar-refractivity contribution is 5.95. The molecular weight excluding hydrogens is 324 g/mol. The van der Waals surface area contributed by atoms with Crippen molar-refractivity contribution in [1.29, 1.82) is 0 Å². The Bertz CT molecular complexity index is 796. The molecule has 4 heteroatoms. The molecule has 4 nitrogen and oxygen atoms in total. The summed E-state index contributed by atoms with van der Waals surface area (Å²) < 4.78 is 0. The maximum atomic E-state index is 12.3. The number of carbonyl (C=O) groups is 2. The minimum Gasteiger partial charge on any atom is -0.326 e. The molecule has 0 atom stereocenters. The zero-order valence-corrected chi connectivity index (χ0v) is 16.3. The minimum atomic E-state index is -0.0958. The van der Waals surface area contributed by atoms with Crippen LogP contribution in [-0.2, 0) is 9.59 Å². The maximum Gasteiger partial charge on any atom is 0.226 e. The lowest BCUT2D eigenvalue weighted by Gasteiger charge is -2.25. The first-order valence-electron chi connectivity index (χ1n) is 9.03. The van der Waals surface area contributed by atoms with E-state index in [4.69, 9.17) is 0 Å². The van der Waals surface area contributed by atoms with Crippen LogP contribution in [0.4, 0.5) is 11.4 Å². The summed E-state index contributed by atoms with van der Waals surface area (Å²) in [5.41, 5.74) is 5.11. The van der Waals surface area contributed by atoms with Gasteiger partial charge in [0, 0.05) is 31.3 Å². The fourth-order valence-corrected chi connectivity index (χ4v) is 2.93. The van der Waals surface area contributed by atoms with Gasteiger partial charge in [0.25, 0.3) is 0 Å². The van der Waals surface area contributed by atoms with Crippen LogP contribution in [0.25, 0.3) is 0 Å². The molecule has 0 aliphatic rings. The molecule has 0 saturated carbocycles. The number of hydrogen-bond donors (Lipinski definition) is 1. The van der Waals surface area contributed by atoms with E-state index in [1.54, 1.807) is 11.8 Å². The SMILES string of the molecule is CC(=O)N(CCC(=O)Nc1ccc(C)c(C)c1)c1ccccc1C(C)C. The molecule has 0 aromatic heterocycles. The van der Waals surface area contributed by atoms with Crippen molar-refractivity contribution >= 4 is 23.2 Å². The molecular formula is C22H28N2O2. The molecule has 0 aliphatic carbocycles. The van der Waals surface area contributed by atoms with Crippen molar-refractivity contribution < 1.29 is 9.59 Å². The molecule has 0 spiro atoms. The van der Waals surface area contributed by atoms with Gasteiger partial charge in [-0.3, -0.25) is 9.59 Å². The fourth-order valence-electron chi connectivity index (χ4n) is 2.93. The quantitative estimate of drug-likeness (QED) is 0.811. The zero-order chi connectivity index (χ0) is 19.3. The van der Waals surface area contributed by atoms with Gasteiger partial charge < -0.3 is 10.2 Å². The van der Waals surface area contributed by atoms with Gasteiger partial charge in [0.1, 0.15) is 0 Å². The summed E-state index contributed by atoms with van der Waals surface area (Å²) in [5.74, 6) is 0.149. The smallest absolute Gasteiger partial charge is 0.226 e. The first-order valence-corrected chi connectivity index (χ1v) is 9.03. The molecule has 0 radical (unpaired) electrons. The Labute approximate surface area is 156 Å². The summed E-state index contributed by atoms with van der Waals surface area (Å²) in [6.45, 7) is 10.2. The standard InChI is InChI=1S/C22H28N2O2/c1-15(2)20-8-6-7-9-21(20)24(18(5)25)13-12-22(26)23-19-11-10-16(3)17(4)14-19/h6-11,14-15H,12-13H2,1-5H3,(H,23,26). The lowest BCUT2D eigenvalue weighted by molar-refractivity contribution is -0.117. The van der Waals surface area contributed by atoms with Gasteiger partial charge in [-0.05, 0) is 54.7 Å². The van der Waals surface area contributed by atoms with Gasteiger partial charge in [-0.15, -0.1) is 0 Å². The Morgan fingerprint density at radius 1 is 1.04 bits per heavy atom. The summed E-state index contributed by atoms with van der Waals surface area (Å²) >= 11 is 0. The number of anilines is 2. The second-order valence-electron chi connectivity index (χ2n) is 6.98. The number of amides is 2. The van der Waals surface area contributed by atoms with E-state index in [1.807, 2.05) is 56.3 Å². The number of nitrogens with zero attached hydrogens (tertiary/aromatic N) is 1. The van der Waals surface area contributed by atoms with E-state index in [1.165, 1.54) is 5.56 Å². The Hall–Kier alpha value is -2.62. The number of carbonyl (C=O) groups excluding carboxylic acids is 2. The molecule has 0 aliphatic heterocycles. The number of benzene rings is 2. The number of para-hydroxylation sites is 1. The van der Waals surface area contributed by atoms with Crippen LogP contribution >= 0.6 is 0 Å². The van der Waals surface area contributed by atoms with Crippen molar-refractivity contribution in [2.24, 2.45) is 0 Å². The molecule has 1 N–H and O–H groups in total. The second-order valence-corrected chi connectivity index (χ2v) is 6.98.